The van der Waals surface area contributed by atoms with E-state index in [1.54, 1.807) is 7.11 Å². The van der Waals surface area contributed by atoms with Crippen LogP contribution < -0.4 is 15.8 Å². The first-order valence-electron chi connectivity index (χ1n) is 7.13. The summed E-state index contributed by atoms with van der Waals surface area (Å²) in [5.74, 6) is 0.865. The smallest absolute Gasteiger partial charge is 0.239 e. The summed E-state index contributed by atoms with van der Waals surface area (Å²) in [6, 6.07) is 11.2. The van der Waals surface area contributed by atoms with Gasteiger partial charge in [-0.2, -0.15) is 0 Å². The minimum absolute atomic E-state index is 0.369. The molecular formula is C17H22N2O2. The Labute approximate surface area is 125 Å². The van der Waals surface area contributed by atoms with Crippen LogP contribution in [0, 0.1) is 5.92 Å². The van der Waals surface area contributed by atoms with Crippen molar-refractivity contribution < 1.29 is 9.53 Å². The Bertz CT molecular complexity index is 638. The molecule has 0 saturated carbocycles. The van der Waals surface area contributed by atoms with Crippen LogP contribution in [0.2, 0.25) is 0 Å². The summed E-state index contributed by atoms with van der Waals surface area (Å²) >= 11 is 0. The molecule has 2 aromatic carbocycles. The molecule has 2 rings (SSSR count). The largest absolute Gasteiger partial charge is 0.496 e. The van der Waals surface area contributed by atoms with Gasteiger partial charge in [-0.05, 0) is 29.5 Å². The predicted octanol–water partition coefficient (Wildman–Crippen LogP) is 2.62. The Kier molecular flexibility index (Phi) is 4.81. The van der Waals surface area contributed by atoms with Crippen molar-refractivity contribution in [1.82, 2.24) is 5.32 Å². The number of nitrogens with two attached hydrogens (primary N) is 1. The van der Waals surface area contributed by atoms with Crippen LogP contribution in [0.3, 0.4) is 0 Å². The van der Waals surface area contributed by atoms with E-state index in [0.717, 1.165) is 28.6 Å². The number of hydrogen-bond acceptors (Lipinski definition) is 3. The molecule has 112 valence electrons. The lowest BCUT2D eigenvalue weighted by Gasteiger charge is -2.20. The number of methoxy groups -OCH3 is 1. The SMILES string of the molecule is COc1ccc(C(NCC(C)C)C(N)=O)c2ccccc12. The summed E-state index contributed by atoms with van der Waals surface area (Å²) in [4.78, 5) is 11.8. The molecular weight excluding hydrogens is 264 g/mol. The van der Waals surface area contributed by atoms with Crippen molar-refractivity contribution in [1.29, 1.82) is 0 Å². The fourth-order valence-corrected chi connectivity index (χ4v) is 2.44. The number of ether oxygens (including phenoxy) is 1. The maximum absolute atomic E-state index is 11.8. The number of primary amides is 1. The summed E-state index contributed by atoms with van der Waals surface area (Å²) in [6.45, 7) is 4.92. The van der Waals surface area contributed by atoms with E-state index in [2.05, 4.69) is 19.2 Å². The summed E-state index contributed by atoms with van der Waals surface area (Å²) < 4.78 is 5.38. The lowest BCUT2D eigenvalue weighted by Crippen LogP contribution is -2.35. The molecule has 0 aliphatic rings. The molecule has 21 heavy (non-hydrogen) atoms. The normalized spacial score (nSPS) is 12.6. The highest BCUT2D eigenvalue weighted by Gasteiger charge is 2.20. The minimum Gasteiger partial charge on any atom is -0.496 e. The molecule has 0 bridgehead atoms. The number of carbonyl (C=O) groups is 1. The van der Waals surface area contributed by atoms with Gasteiger partial charge in [0.15, 0.2) is 0 Å². The molecule has 0 saturated heterocycles. The number of fused-ring (bicyclic) bond motifs is 1. The van der Waals surface area contributed by atoms with Gasteiger partial charge in [0, 0.05) is 5.39 Å². The molecule has 2 aromatic rings. The first-order valence-corrected chi connectivity index (χ1v) is 7.13. The number of amides is 1. The zero-order valence-electron chi connectivity index (χ0n) is 12.7. The first-order chi connectivity index (χ1) is 10.0. The Morgan fingerprint density at radius 2 is 1.86 bits per heavy atom. The van der Waals surface area contributed by atoms with E-state index in [9.17, 15) is 4.79 Å². The van der Waals surface area contributed by atoms with E-state index < -0.39 is 6.04 Å². The van der Waals surface area contributed by atoms with Crippen LogP contribution in [0.25, 0.3) is 10.8 Å². The van der Waals surface area contributed by atoms with Crippen molar-refractivity contribution in [2.24, 2.45) is 11.7 Å². The van der Waals surface area contributed by atoms with Crippen molar-refractivity contribution in [3.63, 3.8) is 0 Å². The van der Waals surface area contributed by atoms with Gasteiger partial charge in [0.1, 0.15) is 11.8 Å². The number of nitrogens with one attached hydrogen (secondary N) is 1. The van der Waals surface area contributed by atoms with Crippen LogP contribution in [0.1, 0.15) is 25.5 Å². The van der Waals surface area contributed by atoms with Crippen LogP contribution in [0.15, 0.2) is 36.4 Å². The molecule has 1 unspecified atom stereocenters. The zero-order chi connectivity index (χ0) is 15.4. The van der Waals surface area contributed by atoms with Crippen molar-refractivity contribution in [3.05, 3.63) is 42.0 Å². The Morgan fingerprint density at radius 3 is 2.43 bits per heavy atom. The molecule has 0 fully saturated rings. The molecule has 0 spiro atoms. The number of carbonyl (C=O) groups excluding carboxylic acids is 1. The van der Waals surface area contributed by atoms with E-state index in [-0.39, 0.29) is 5.91 Å². The van der Waals surface area contributed by atoms with Crippen molar-refractivity contribution in [2.45, 2.75) is 19.9 Å². The fourth-order valence-electron chi connectivity index (χ4n) is 2.44. The predicted molar refractivity (Wildman–Crippen MR) is 85.3 cm³/mol. The average Bonchev–Trinajstić information content (AvgIpc) is 2.46. The quantitative estimate of drug-likeness (QED) is 0.858. The van der Waals surface area contributed by atoms with Crippen molar-refractivity contribution >= 4 is 16.7 Å². The summed E-state index contributed by atoms with van der Waals surface area (Å²) in [7, 11) is 1.64. The van der Waals surface area contributed by atoms with Gasteiger partial charge in [-0.3, -0.25) is 4.79 Å². The summed E-state index contributed by atoms with van der Waals surface area (Å²) in [5, 5.41) is 5.21. The lowest BCUT2D eigenvalue weighted by molar-refractivity contribution is -0.120. The molecule has 0 radical (unpaired) electrons. The molecule has 3 N–H and O–H groups in total. The van der Waals surface area contributed by atoms with Crippen LogP contribution in [0.4, 0.5) is 0 Å². The highest BCUT2D eigenvalue weighted by atomic mass is 16.5. The highest BCUT2D eigenvalue weighted by Crippen LogP contribution is 2.31. The van der Waals surface area contributed by atoms with Gasteiger partial charge in [-0.1, -0.05) is 44.2 Å². The third kappa shape index (κ3) is 3.34. The molecule has 0 heterocycles. The van der Waals surface area contributed by atoms with E-state index >= 15 is 0 Å². The van der Waals surface area contributed by atoms with Crippen molar-refractivity contribution in [3.8, 4) is 5.75 Å². The molecule has 0 aliphatic heterocycles. The molecule has 4 nitrogen and oxygen atoms in total. The third-order valence-electron chi connectivity index (χ3n) is 3.46. The second-order valence-electron chi connectivity index (χ2n) is 5.54. The van der Waals surface area contributed by atoms with Gasteiger partial charge < -0.3 is 15.8 Å². The number of benzene rings is 2. The Hall–Kier alpha value is -2.07. The zero-order valence-corrected chi connectivity index (χ0v) is 12.7. The fraction of sp³-hybridized carbons (Fsp3) is 0.353. The van der Waals surface area contributed by atoms with Crippen molar-refractivity contribution in [2.75, 3.05) is 13.7 Å². The van der Waals surface area contributed by atoms with Gasteiger partial charge in [-0.25, -0.2) is 0 Å². The van der Waals surface area contributed by atoms with Crippen LogP contribution in [-0.2, 0) is 4.79 Å². The summed E-state index contributed by atoms with van der Waals surface area (Å²) in [6.07, 6.45) is 0. The monoisotopic (exact) mass is 286 g/mol. The second-order valence-corrected chi connectivity index (χ2v) is 5.54. The van der Waals surface area contributed by atoms with Gasteiger partial charge in [0.25, 0.3) is 0 Å². The topological polar surface area (TPSA) is 64.3 Å². The molecule has 0 aliphatic carbocycles. The van der Waals surface area contributed by atoms with Crippen LogP contribution in [0.5, 0.6) is 5.75 Å². The molecule has 4 heteroatoms. The van der Waals surface area contributed by atoms with E-state index in [4.69, 9.17) is 10.5 Å². The van der Waals surface area contributed by atoms with E-state index in [1.807, 2.05) is 36.4 Å². The van der Waals surface area contributed by atoms with Crippen LogP contribution >= 0.6 is 0 Å². The standard InChI is InChI=1S/C17H22N2O2/c1-11(2)10-19-16(17(18)20)14-8-9-15(21-3)13-7-5-4-6-12(13)14/h4-9,11,16,19H,10H2,1-3H3,(H2,18,20). The first kappa shape index (κ1) is 15.3. The van der Waals surface area contributed by atoms with Crippen LogP contribution in [-0.4, -0.2) is 19.6 Å². The molecule has 0 aromatic heterocycles. The highest BCUT2D eigenvalue weighted by molar-refractivity contribution is 5.95. The number of hydrogen-bond donors (Lipinski definition) is 2. The Morgan fingerprint density at radius 1 is 1.19 bits per heavy atom. The van der Waals surface area contributed by atoms with Gasteiger partial charge in [0.2, 0.25) is 5.91 Å². The number of rotatable bonds is 6. The van der Waals surface area contributed by atoms with Gasteiger partial charge in [-0.15, -0.1) is 0 Å². The Balaban J connectivity index is 2.50. The molecule has 1 atom stereocenters. The van der Waals surface area contributed by atoms with E-state index in [0.29, 0.717) is 5.92 Å². The maximum Gasteiger partial charge on any atom is 0.239 e. The maximum atomic E-state index is 11.8. The van der Waals surface area contributed by atoms with E-state index in [1.165, 1.54) is 0 Å². The molecule has 1 amide bonds. The summed E-state index contributed by atoms with van der Waals surface area (Å²) in [5.41, 5.74) is 6.47. The second kappa shape index (κ2) is 6.59. The minimum atomic E-state index is -0.497. The van der Waals surface area contributed by atoms with Gasteiger partial charge in [0.05, 0.1) is 7.11 Å². The average molecular weight is 286 g/mol. The lowest BCUT2D eigenvalue weighted by atomic mass is 9.97. The third-order valence-corrected chi connectivity index (χ3v) is 3.46. The van der Waals surface area contributed by atoms with Gasteiger partial charge >= 0.3 is 0 Å².